The number of carbonyl (C=O) groups is 2. The molecular weight excluding hydrogens is 172 g/mol. The lowest BCUT2D eigenvalue weighted by Gasteiger charge is -1.99. The summed E-state index contributed by atoms with van der Waals surface area (Å²) in [5.74, 6) is -1.15. The largest absolute Gasteiger partial charge is 0.481 e. The van der Waals surface area contributed by atoms with Crippen LogP contribution in [0.2, 0.25) is 0 Å². The minimum Gasteiger partial charge on any atom is -0.481 e. The number of carboxylic acids is 1. The van der Waals surface area contributed by atoms with Crippen molar-refractivity contribution >= 4 is 11.9 Å². The van der Waals surface area contributed by atoms with E-state index in [0.29, 0.717) is 6.42 Å². The molecule has 0 saturated carbocycles. The third kappa shape index (κ3) is 8.59. The van der Waals surface area contributed by atoms with E-state index >= 15 is 0 Å². The van der Waals surface area contributed by atoms with Crippen LogP contribution in [-0.4, -0.2) is 23.7 Å². The van der Waals surface area contributed by atoms with Gasteiger partial charge in [-0.2, -0.15) is 0 Å². The topological polar surface area (TPSA) is 63.6 Å². The van der Waals surface area contributed by atoms with Gasteiger partial charge in [0.05, 0.1) is 0 Å². The number of hydrogen-bond donors (Lipinski definition) is 1. The molecule has 13 heavy (non-hydrogen) atoms. The van der Waals surface area contributed by atoms with Crippen LogP contribution < -0.4 is 0 Å². The van der Waals surface area contributed by atoms with Crippen molar-refractivity contribution in [3.8, 4) is 0 Å². The Bertz CT molecular complexity index is 218. The molecule has 0 aromatic carbocycles. The van der Waals surface area contributed by atoms with Crippen molar-refractivity contribution in [3.05, 3.63) is 11.6 Å². The van der Waals surface area contributed by atoms with Crippen molar-refractivity contribution in [1.82, 2.24) is 0 Å². The van der Waals surface area contributed by atoms with E-state index in [4.69, 9.17) is 5.11 Å². The Kier molecular flexibility index (Phi) is 5.59. The standard InChI is InChI=1S/C9H14O4/c1-7(3-4-9(11)12)5-6-13-8(2)10/h5H,3-4,6H2,1-2H3,(H,11,12)/b7-5-. The Morgan fingerprint density at radius 1 is 1.31 bits per heavy atom. The highest BCUT2D eigenvalue weighted by molar-refractivity contribution is 5.67. The number of esters is 1. The fraction of sp³-hybridized carbons (Fsp3) is 0.556. The third-order valence-corrected chi connectivity index (χ3v) is 1.45. The van der Waals surface area contributed by atoms with E-state index in [9.17, 15) is 9.59 Å². The van der Waals surface area contributed by atoms with E-state index < -0.39 is 5.97 Å². The zero-order valence-corrected chi connectivity index (χ0v) is 7.87. The molecule has 0 fully saturated rings. The van der Waals surface area contributed by atoms with Gasteiger partial charge in [-0.25, -0.2) is 0 Å². The van der Waals surface area contributed by atoms with Gasteiger partial charge >= 0.3 is 11.9 Å². The van der Waals surface area contributed by atoms with Gasteiger partial charge in [-0.05, 0) is 19.4 Å². The second-order valence-corrected chi connectivity index (χ2v) is 2.75. The van der Waals surface area contributed by atoms with Gasteiger partial charge in [-0.1, -0.05) is 5.57 Å². The molecule has 0 bridgehead atoms. The number of ether oxygens (including phenoxy) is 1. The number of rotatable bonds is 5. The summed E-state index contributed by atoms with van der Waals surface area (Å²) in [5, 5.41) is 8.36. The van der Waals surface area contributed by atoms with Crippen LogP contribution in [0.15, 0.2) is 11.6 Å². The van der Waals surface area contributed by atoms with Crippen LogP contribution in [0.1, 0.15) is 26.7 Å². The van der Waals surface area contributed by atoms with Gasteiger partial charge in [-0.3, -0.25) is 9.59 Å². The second kappa shape index (κ2) is 6.22. The number of carboxylic acid groups (broad SMARTS) is 1. The van der Waals surface area contributed by atoms with Crippen LogP contribution in [0.5, 0.6) is 0 Å². The molecule has 0 radical (unpaired) electrons. The Morgan fingerprint density at radius 3 is 2.38 bits per heavy atom. The molecule has 0 rings (SSSR count). The molecule has 4 heteroatoms. The monoisotopic (exact) mass is 186 g/mol. The first-order chi connectivity index (χ1) is 6.02. The van der Waals surface area contributed by atoms with E-state index in [1.807, 2.05) is 6.92 Å². The highest BCUT2D eigenvalue weighted by atomic mass is 16.5. The zero-order valence-electron chi connectivity index (χ0n) is 7.87. The quantitative estimate of drug-likeness (QED) is 0.520. The Morgan fingerprint density at radius 2 is 1.92 bits per heavy atom. The summed E-state index contributed by atoms with van der Waals surface area (Å²) in [6.45, 7) is 3.37. The van der Waals surface area contributed by atoms with Gasteiger partial charge in [0.1, 0.15) is 6.61 Å². The van der Waals surface area contributed by atoms with Crippen molar-refractivity contribution in [2.45, 2.75) is 26.7 Å². The van der Waals surface area contributed by atoms with Crippen molar-refractivity contribution < 1.29 is 19.4 Å². The van der Waals surface area contributed by atoms with Crippen LogP contribution >= 0.6 is 0 Å². The lowest BCUT2D eigenvalue weighted by molar-refractivity contribution is -0.140. The fourth-order valence-electron chi connectivity index (χ4n) is 0.707. The van der Waals surface area contributed by atoms with Crippen LogP contribution in [-0.2, 0) is 14.3 Å². The average Bonchev–Trinajstić information content (AvgIpc) is 2.00. The summed E-state index contributed by atoms with van der Waals surface area (Å²) in [5.41, 5.74) is 0.920. The molecule has 0 aliphatic rings. The lowest BCUT2D eigenvalue weighted by atomic mass is 10.1. The molecule has 0 spiro atoms. The molecule has 0 aliphatic carbocycles. The van der Waals surface area contributed by atoms with E-state index in [2.05, 4.69) is 4.74 Å². The summed E-state index contributed by atoms with van der Waals surface area (Å²) in [6.07, 6.45) is 2.32. The van der Waals surface area contributed by atoms with Crippen LogP contribution in [0.25, 0.3) is 0 Å². The normalized spacial score (nSPS) is 11.1. The van der Waals surface area contributed by atoms with E-state index in [-0.39, 0.29) is 19.0 Å². The Hall–Kier alpha value is -1.32. The fourth-order valence-corrected chi connectivity index (χ4v) is 0.707. The summed E-state index contributed by atoms with van der Waals surface area (Å²) in [6, 6.07) is 0. The van der Waals surface area contributed by atoms with E-state index in [1.54, 1.807) is 6.08 Å². The van der Waals surface area contributed by atoms with E-state index in [1.165, 1.54) is 6.92 Å². The van der Waals surface area contributed by atoms with E-state index in [0.717, 1.165) is 5.57 Å². The molecule has 0 saturated heterocycles. The average molecular weight is 186 g/mol. The van der Waals surface area contributed by atoms with Gasteiger partial charge in [0.2, 0.25) is 0 Å². The number of aliphatic carboxylic acids is 1. The first-order valence-electron chi connectivity index (χ1n) is 4.03. The number of hydrogen-bond acceptors (Lipinski definition) is 3. The summed E-state index contributed by atoms with van der Waals surface area (Å²) in [4.78, 5) is 20.5. The maximum atomic E-state index is 10.3. The zero-order chi connectivity index (χ0) is 10.3. The highest BCUT2D eigenvalue weighted by Crippen LogP contribution is 2.03. The maximum Gasteiger partial charge on any atom is 0.303 e. The maximum absolute atomic E-state index is 10.3. The molecule has 0 atom stereocenters. The molecule has 1 N–H and O–H groups in total. The van der Waals surface area contributed by atoms with Gasteiger partial charge in [0.15, 0.2) is 0 Å². The summed E-state index contributed by atoms with van der Waals surface area (Å²) in [7, 11) is 0. The summed E-state index contributed by atoms with van der Waals surface area (Å²) >= 11 is 0. The third-order valence-electron chi connectivity index (χ3n) is 1.45. The van der Waals surface area contributed by atoms with Crippen molar-refractivity contribution in [2.75, 3.05) is 6.61 Å². The SMILES string of the molecule is CC(=O)OC/C=C(/C)CCC(=O)O. The molecule has 0 aromatic heterocycles. The van der Waals surface area contributed by atoms with Crippen LogP contribution in [0.3, 0.4) is 0 Å². The van der Waals surface area contributed by atoms with Gasteiger partial charge < -0.3 is 9.84 Å². The van der Waals surface area contributed by atoms with Crippen molar-refractivity contribution in [1.29, 1.82) is 0 Å². The molecule has 0 unspecified atom stereocenters. The molecule has 4 nitrogen and oxygen atoms in total. The predicted molar refractivity (Wildman–Crippen MR) is 47.3 cm³/mol. The van der Waals surface area contributed by atoms with Crippen LogP contribution in [0.4, 0.5) is 0 Å². The smallest absolute Gasteiger partial charge is 0.303 e. The first-order valence-corrected chi connectivity index (χ1v) is 4.03. The second-order valence-electron chi connectivity index (χ2n) is 2.75. The molecular formula is C9H14O4. The molecule has 0 amide bonds. The van der Waals surface area contributed by atoms with Gasteiger partial charge in [-0.15, -0.1) is 0 Å². The first kappa shape index (κ1) is 11.7. The molecule has 0 aliphatic heterocycles. The van der Waals surface area contributed by atoms with Crippen LogP contribution in [0, 0.1) is 0 Å². The van der Waals surface area contributed by atoms with Gasteiger partial charge in [0.25, 0.3) is 0 Å². The lowest BCUT2D eigenvalue weighted by Crippen LogP contribution is -1.99. The predicted octanol–water partition coefficient (Wildman–Crippen LogP) is 1.36. The van der Waals surface area contributed by atoms with Crippen molar-refractivity contribution in [3.63, 3.8) is 0 Å². The van der Waals surface area contributed by atoms with Crippen molar-refractivity contribution in [2.24, 2.45) is 0 Å². The Balaban J connectivity index is 3.63. The van der Waals surface area contributed by atoms with Gasteiger partial charge in [0, 0.05) is 13.3 Å². The highest BCUT2D eigenvalue weighted by Gasteiger charge is 1.97. The minimum atomic E-state index is -0.819. The Labute approximate surface area is 77.2 Å². The number of allylic oxidation sites excluding steroid dienone is 1. The number of carbonyl (C=O) groups excluding carboxylic acids is 1. The summed E-state index contributed by atoms with van der Waals surface area (Å²) < 4.78 is 4.66. The molecule has 74 valence electrons. The molecule has 0 aromatic rings. The minimum absolute atomic E-state index is 0.113. The molecule has 0 heterocycles.